The van der Waals surface area contributed by atoms with Crippen LogP contribution in [0.5, 0.6) is 0 Å². The van der Waals surface area contributed by atoms with Crippen LogP contribution in [0.4, 0.5) is 10.1 Å². The van der Waals surface area contributed by atoms with Crippen molar-refractivity contribution in [2.45, 2.75) is 43.5 Å². The second-order valence-corrected chi connectivity index (χ2v) is 8.38. The van der Waals surface area contributed by atoms with Crippen molar-refractivity contribution in [3.63, 3.8) is 0 Å². The summed E-state index contributed by atoms with van der Waals surface area (Å²) in [6, 6.07) is 11.3. The average molecular weight is 390 g/mol. The predicted molar refractivity (Wildman–Crippen MR) is 103 cm³/mol. The molecule has 1 unspecified atom stereocenters. The number of rotatable bonds is 5. The summed E-state index contributed by atoms with van der Waals surface area (Å²) in [5, 5.41) is 0. The van der Waals surface area contributed by atoms with E-state index in [4.69, 9.17) is 0 Å². The lowest BCUT2D eigenvalue weighted by molar-refractivity contribution is 0.0608. The maximum absolute atomic E-state index is 13.0. The number of piperidine rings is 1. The summed E-state index contributed by atoms with van der Waals surface area (Å²) in [6.45, 7) is 2.76. The number of halogens is 1. The zero-order valence-electron chi connectivity index (χ0n) is 15.2. The summed E-state index contributed by atoms with van der Waals surface area (Å²) in [7, 11) is -3.88. The second-order valence-electron chi connectivity index (χ2n) is 6.70. The molecular weight excluding hydrogens is 367 g/mol. The Labute approximate surface area is 159 Å². The number of carbonyl (C=O) groups excluding carboxylic acids is 1. The molecule has 2 aromatic rings. The van der Waals surface area contributed by atoms with Gasteiger partial charge in [0.05, 0.1) is 4.90 Å². The monoisotopic (exact) mass is 390 g/mol. The van der Waals surface area contributed by atoms with Gasteiger partial charge in [-0.25, -0.2) is 12.8 Å². The number of carbonyl (C=O) groups is 1. The number of nitrogens with one attached hydrogen (secondary N) is 1. The standard InChI is InChI=1S/C20H23FN2O3S/c1-2-18-7-3-4-13-23(18)20(24)15-6-5-8-19(14-15)27(25,26)22-17-11-9-16(21)10-12-17/h5-6,8-12,14,18,22H,2-4,7,13H2,1H3. The molecule has 1 heterocycles. The van der Waals surface area contributed by atoms with Crippen molar-refractivity contribution >= 4 is 21.6 Å². The lowest BCUT2D eigenvalue weighted by atomic mass is 9.99. The third-order valence-electron chi connectivity index (χ3n) is 4.85. The van der Waals surface area contributed by atoms with E-state index in [1.165, 1.54) is 36.4 Å². The first kappa shape index (κ1) is 19.4. The molecule has 1 fully saturated rings. The molecule has 0 aliphatic carbocycles. The molecule has 144 valence electrons. The van der Waals surface area contributed by atoms with Gasteiger partial charge in [-0.2, -0.15) is 0 Å². The number of nitrogens with zero attached hydrogens (tertiary/aromatic N) is 1. The number of amides is 1. The Balaban J connectivity index is 1.83. The maximum Gasteiger partial charge on any atom is 0.261 e. The molecule has 3 rings (SSSR count). The number of benzene rings is 2. The number of likely N-dealkylation sites (tertiary alicyclic amines) is 1. The van der Waals surface area contributed by atoms with Crippen LogP contribution >= 0.6 is 0 Å². The van der Waals surface area contributed by atoms with Crippen molar-refractivity contribution in [3.05, 3.63) is 59.9 Å². The SMILES string of the molecule is CCC1CCCCN1C(=O)c1cccc(S(=O)(=O)Nc2ccc(F)cc2)c1. The van der Waals surface area contributed by atoms with Crippen LogP contribution in [0, 0.1) is 5.82 Å². The summed E-state index contributed by atoms with van der Waals surface area (Å²) in [5.74, 6) is -0.585. The lowest BCUT2D eigenvalue weighted by Gasteiger charge is -2.35. The van der Waals surface area contributed by atoms with Crippen molar-refractivity contribution in [3.8, 4) is 0 Å². The zero-order chi connectivity index (χ0) is 19.4. The average Bonchev–Trinajstić information content (AvgIpc) is 2.69. The molecular formula is C20H23FN2O3S. The number of hydrogen-bond acceptors (Lipinski definition) is 3. The summed E-state index contributed by atoms with van der Waals surface area (Å²) < 4.78 is 40.7. The van der Waals surface area contributed by atoms with Crippen LogP contribution in [-0.2, 0) is 10.0 Å². The quantitative estimate of drug-likeness (QED) is 0.838. The molecule has 2 aromatic carbocycles. The van der Waals surface area contributed by atoms with Gasteiger partial charge in [-0.15, -0.1) is 0 Å². The summed E-state index contributed by atoms with van der Waals surface area (Å²) in [5.41, 5.74) is 0.618. The molecule has 0 radical (unpaired) electrons. The van der Waals surface area contributed by atoms with Crippen LogP contribution in [0.1, 0.15) is 43.0 Å². The Morgan fingerprint density at radius 3 is 2.63 bits per heavy atom. The molecule has 1 aliphatic rings. The highest BCUT2D eigenvalue weighted by Crippen LogP contribution is 2.23. The van der Waals surface area contributed by atoms with Crippen molar-refractivity contribution in [1.29, 1.82) is 0 Å². The summed E-state index contributed by atoms with van der Waals surface area (Å²) >= 11 is 0. The minimum atomic E-state index is -3.88. The number of hydrogen-bond donors (Lipinski definition) is 1. The van der Waals surface area contributed by atoms with Crippen LogP contribution in [0.2, 0.25) is 0 Å². The first-order chi connectivity index (χ1) is 12.9. The van der Waals surface area contributed by atoms with E-state index in [2.05, 4.69) is 11.6 Å². The molecule has 0 saturated carbocycles. The minimum Gasteiger partial charge on any atom is -0.336 e. The van der Waals surface area contributed by atoms with E-state index in [9.17, 15) is 17.6 Å². The van der Waals surface area contributed by atoms with Gasteiger partial charge < -0.3 is 4.90 Å². The van der Waals surface area contributed by atoms with Crippen molar-refractivity contribution < 1.29 is 17.6 Å². The molecule has 1 saturated heterocycles. The molecule has 1 aliphatic heterocycles. The maximum atomic E-state index is 13.0. The molecule has 0 aromatic heterocycles. The highest BCUT2D eigenvalue weighted by molar-refractivity contribution is 7.92. The Morgan fingerprint density at radius 1 is 1.19 bits per heavy atom. The van der Waals surface area contributed by atoms with E-state index in [1.807, 2.05) is 4.90 Å². The normalized spacial score (nSPS) is 17.6. The Morgan fingerprint density at radius 2 is 1.93 bits per heavy atom. The molecule has 27 heavy (non-hydrogen) atoms. The van der Waals surface area contributed by atoms with E-state index in [-0.39, 0.29) is 22.5 Å². The van der Waals surface area contributed by atoms with Gasteiger partial charge in [-0.05, 0) is 68.1 Å². The Bertz CT molecular complexity index is 913. The van der Waals surface area contributed by atoms with E-state index in [0.29, 0.717) is 12.1 Å². The Hall–Kier alpha value is -2.41. The van der Waals surface area contributed by atoms with Crippen LogP contribution in [-0.4, -0.2) is 31.8 Å². The first-order valence-electron chi connectivity index (χ1n) is 9.10. The van der Waals surface area contributed by atoms with Gasteiger partial charge in [0.15, 0.2) is 0 Å². The van der Waals surface area contributed by atoms with E-state index >= 15 is 0 Å². The number of anilines is 1. The molecule has 5 nitrogen and oxygen atoms in total. The smallest absolute Gasteiger partial charge is 0.261 e. The van der Waals surface area contributed by atoms with Gasteiger partial charge >= 0.3 is 0 Å². The fraction of sp³-hybridized carbons (Fsp3) is 0.350. The molecule has 7 heteroatoms. The third-order valence-corrected chi connectivity index (χ3v) is 6.23. The van der Waals surface area contributed by atoms with Gasteiger partial charge in [-0.1, -0.05) is 13.0 Å². The highest BCUT2D eigenvalue weighted by Gasteiger charge is 2.27. The van der Waals surface area contributed by atoms with Crippen molar-refractivity contribution in [1.82, 2.24) is 4.90 Å². The minimum absolute atomic E-state index is 0.00253. The molecule has 1 amide bonds. The van der Waals surface area contributed by atoms with Gasteiger partial charge in [-0.3, -0.25) is 9.52 Å². The molecule has 0 bridgehead atoms. The number of sulfonamides is 1. The van der Waals surface area contributed by atoms with Crippen molar-refractivity contribution in [2.75, 3.05) is 11.3 Å². The topological polar surface area (TPSA) is 66.5 Å². The second kappa shape index (κ2) is 8.08. The van der Waals surface area contributed by atoms with E-state index in [1.54, 1.807) is 12.1 Å². The fourth-order valence-electron chi connectivity index (χ4n) is 3.39. The largest absolute Gasteiger partial charge is 0.336 e. The molecule has 0 spiro atoms. The fourth-order valence-corrected chi connectivity index (χ4v) is 4.49. The van der Waals surface area contributed by atoms with E-state index < -0.39 is 15.8 Å². The summed E-state index contributed by atoms with van der Waals surface area (Å²) in [4.78, 5) is 14.8. The highest BCUT2D eigenvalue weighted by atomic mass is 32.2. The molecule has 1 N–H and O–H groups in total. The van der Waals surface area contributed by atoms with Crippen LogP contribution in [0.3, 0.4) is 0 Å². The van der Waals surface area contributed by atoms with Gasteiger partial charge in [0.1, 0.15) is 5.82 Å². The van der Waals surface area contributed by atoms with Gasteiger partial charge in [0.25, 0.3) is 15.9 Å². The molecule has 1 atom stereocenters. The lowest BCUT2D eigenvalue weighted by Crippen LogP contribution is -2.43. The van der Waals surface area contributed by atoms with E-state index in [0.717, 1.165) is 25.7 Å². The first-order valence-corrected chi connectivity index (χ1v) is 10.6. The Kier molecular flexibility index (Phi) is 5.79. The van der Waals surface area contributed by atoms with Crippen LogP contribution in [0.15, 0.2) is 53.4 Å². The zero-order valence-corrected chi connectivity index (χ0v) is 16.0. The third kappa shape index (κ3) is 4.47. The van der Waals surface area contributed by atoms with Crippen molar-refractivity contribution in [2.24, 2.45) is 0 Å². The summed E-state index contributed by atoms with van der Waals surface area (Å²) in [6.07, 6.45) is 3.94. The van der Waals surface area contributed by atoms with Crippen LogP contribution < -0.4 is 4.72 Å². The predicted octanol–water partition coefficient (Wildman–Crippen LogP) is 4.03. The van der Waals surface area contributed by atoms with Gasteiger partial charge in [0.2, 0.25) is 0 Å². The van der Waals surface area contributed by atoms with Crippen LogP contribution in [0.25, 0.3) is 0 Å². The van der Waals surface area contributed by atoms with Gasteiger partial charge in [0, 0.05) is 23.8 Å².